The Morgan fingerprint density at radius 3 is 2.58 bits per heavy atom. The van der Waals surface area contributed by atoms with E-state index in [4.69, 9.17) is 0 Å². The van der Waals surface area contributed by atoms with Crippen LogP contribution < -0.4 is 10.9 Å². The predicted molar refractivity (Wildman–Crippen MR) is 94.9 cm³/mol. The molecule has 0 fully saturated rings. The molecule has 2 heterocycles. The molecule has 5 nitrogen and oxygen atoms in total. The summed E-state index contributed by atoms with van der Waals surface area (Å²) in [4.78, 5) is 16.8. The third kappa shape index (κ3) is 2.38. The Morgan fingerprint density at radius 1 is 1.08 bits per heavy atom. The Kier molecular flexibility index (Phi) is 3.41. The molecule has 0 aliphatic carbocycles. The number of aromatic nitrogens is 3. The van der Waals surface area contributed by atoms with Crippen LogP contribution in [0.4, 0.5) is 5.69 Å². The van der Waals surface area contributed by atoms with Crippen LogP contribution in [0.5, 0.6) is 0 Å². The third-order valence-corrected chi connectivity index (χ3v) is 4.31. The van der Waals surface area contributed by atoms with E-state index in [2.05, 4.69) is 29.2 Å². The molecule has 0 unspecified atom stereocenters. The highest BCUT2D eigenvalue weighted by Crippen LogP contribution is 2.29. The first-order valence-corrected chi connectivity index (χ1v) is 8.06. The fraction of sp³-hybridized carbons (Fsp3) is 0.211. The summed E-state index contributed by atoms with van der Waals surface area (Å²) in [5, 5.41) is 7.84. The van der Waals surface area contributed by atoms with Crippen LogP contribution in [0.3, 0.4) is 0 Å². The van der Waals surface area contributed by atoms with Crippen LogP contribution in [0.25, 0.3) is 22.6 Å². The van der Waals surface area contributed by atoms with E-state index < -0.39 is 0 Å². The maximum atomic E-state index is 12.5. The molecule has 0 amide bonds. The summed E-state index contributed by atoms with van der Waals surface area (Å²) in [5.41, 5.74) is 3.99. The molecule has 0 atom stereocenters. The second-order valence-electron chi connectivity index (χ2n) is 6.25. The fourth-order valence-corrected chi connectivity index (χ4v) is 2.93. The van der Waals surface area contributed by atoms with Crippen molar-refractivity contribution >= 4 is 5.69 Å². The number of hydrogen-bond donors (Lipinski definition) is 1. The lowest BCUT2D eigenvalue weighted by Gasteiger charge is -2.21. The van der Waals surface area contributed by atoms with Crippen molar-refractivity contribution in [1.29, 1.82) is 0 Å². The Balaban J connectivity index is 1.82. The first-order chi connectivity index (χ1) is 11.6. The van der Waals surface area contributed by atoms with E-state index in [0.29, 0.717) is 24.1 Å². The lowest BCUT2D eigenvalue weighted by molar-refractivity contribution is 0.631. The van der Waals surface area contributed by atoms with Gasteiger partial charge in [-0.15, -0.1) is 0 Å². The maximum Gasteiger partial charge on any atom is 0.300 e. The zero-order valence-electron chi connectivity index (χ0n) is 13.7. The number of nitrogens with zero attached hydrogens (tertiary/aromatic N) is 3. The monoisotopic (exact) mass is 318 g/mol. The molecule has 120 valence electrons. The fourth-order valence-electron chi connectivity index (χ4n) is 2.93. The average Bonchev–Trinajstić information content (AvgIpc) is 2.61. The summed E-state index contributed by atoms with van der Waals surface area (Å²) >= 11 is 0. The van der Waals surface area contributed by atoms with Crippen molar-refractivity contribution in [3.8, 4) is 22.6 Å². The molecule has 1 aliphatic heterocycles. The van der Waals surface area contributed by atoms with E-state index in [0.717, 1.165) is 16.8 Å². The highest BCUT2D eigenvalue weighted by molar-refractivity contribution is 5.75. The van der Waals surface area contributed by atoms with Crippen LogP contribution in [0.2, 0.25) is 0 Å². The molecule has 3 aromatic rings. The van der Waals surface area contributed by atoms with Crippen LogP contribution in [0.1, 0.15) is 25.3 Å². The maximum absolute atomic E-state index is 12.5. The predicted octanol–water partition coefficient (Wildman–Crippen LogP) is 3.48. The van der Waals surface area contributed by atoms with Crippen LogP contribution in [0, 0.1) is 0 Å². The third-order valence-electron chi connectivity index (χ3n) is 4.31. The minimum Gasteiger partial charge on any atom is -0.366 e. The number of hydrogen-bond acceptors (Lipinski definition) is 4. The van der Waals surface area contributed by atoms with E-state index in [1.54, 1.807) is 4.68 Å². The molecule has 0 saturated carbocycles. The van der Waals surface area contributed by atoms with Gasteiger partial charge >= 0.3 is 0 Å². The highest BCUT2D eigenvalue weighted by Gasteiger charge is 2.19. The molecule has 1 aliphatic rings. The number of benzene rings is 2. The van der Waals surface area contributed by atoms with Crippen LogP contribution in [-0.4, -0.2) is 14.8 Å². The van der Waals surface area contributed by atoms with E-state index in [-0.39, 0.29) is 5.56 Å². The molecule has 1 N–H and O–H groups in total. The number of nitrogens with one attached hydrogen (secondary N) is 1. The smallest absolute Gasteiger partial charge is 0.300 e. The van der Waals surface area contributed by atoms with Gasteiger partial charge in [-0.05, 0) is 23.6 Å². The molecule has 4 rings (SSSR count). The van der Waals surface area contributed by atoms with Crippen molar-refractivity contribution in [3.05, 3.63) is 64.4 Å². The molecule has 1 aromatic heterocycles. The lowest BCUT2D eigenvalue weighted by atomic mass is 10.0. The Labute approximate surface area is 140 Å². The number of para-hydroxylation sites is 1. The lowest BCUT2D eigenvalue weighted by Crippen LogP contribution is -2.26. The quantitative estimate of drug-likeness (QED) is 0.786. The first kappa shape index (κ1) is 14.6. The van der Waals surface area contributed by atoms with E-state index in [1.165, 1.54) is 5.56 Å². The van der Waals surface area contributed by atoms with Crippen molar-refractivity contribution in [2.75, 3.05) is 5.32 Å². The molecule has 0 saturated heterocycles. The summed E-state index contributed by atoms with van der Waals surface area (Å²) in [6.07, 6.45) is 0. The normalized spacial score (nSPS) is 12.5. The van der Waals surface area contributed by atoms with Gasteiger partial charge in [0.25, 0.3) is 5.56 Å². The van der Waals surface area contributed by atoms with Gasteiger partial charge < -0.3 is 5.32 Å². The van der Waals surface area contributed by atoms with Gasteiger partial charge in [0.1, 0.15) is 6.67 Å². The Bertz CT molecular complexity index is 958. The van der Waals surface area contributed by atoms with Gasteiger partial charge in [0.05, 0.1) is 0 Å². The summed E-state index contributed by atoms with van der Waals surface area (Å²) in [5.74, 6) is 1.06. The van der Waals surface area contributed by atoms with Crippen LogP contribution in [-0.2, 0) is 6.67 Å². The van der Waals surface area contributed by atoms with Crippen molar-refractivity contribution in [1.82, 2.24) is 14.8 Å². The SMILES string of the molecule is CC(C)c1ccc(-c2nn3c(nc2=O)-c2ccccc2NC3)cc1. The van der Waals surface area contributed by atoms with Gasteiger partial charge in [-0.25, -0.2) is 4.68 Å². The van der Waals surface area contributed by atoms with Gasteiger partial charge in [0.15, 0.2) is 11.5 Å². The standard InChI is InChI=1S/C19H18N4O/c1-12(2)13-7-9-14(10-8-13)17-19(24)21-18-15-5-3-4-6-16(15)20-11-23(18)22-17/h3-10,12,20H,11H2,1-2H3. The Morgan fingerprint density at radius 2 is 1.83 bits per heavy atom. The van der Waals surface area contributed by atoms with Crippen LogP contribution in [0.15, 0.2) is 53.3 Å². The van der Waals surface area contributed by atoms with Crippen molar-refractivity contribution in [3.63, 3.8) is 0 Å². The summed E-state index contributed by atoms with van der Waals surface area (Å²) in [7, 11) is 0. The molecule has 0 bridgehead atoms. The molecule has 0 spiro atoms. The van der Waals surface area contributed by atoms with Gasteiger partial charge in [-0.1, -0.05) is 50.2 Å². The summed E-state index contributed by atoms with van der Waals surface area (Å²) in [6, 6.07) is 15.8. The highest BCUT2D eigenvalue weighted by atomic mass is 16.1. The molecule has 2 aromatic carbocycles. The first-order valence-electron chi connectivity index (χ1n) is 8.06. The van der Waals surface area contributed by atoms with Crippen molar-refractivity contribution in [2.45, 2.75) is 26.4 Å². The zero-order valence-corrected chi connectivity index (χ0v) is 13.7. The largest absolute Gasteiger partial charge is 0.366 e. The molecule has 0 radical (unpaired) electrons. The summed E-state index contributed by atoms with van der Waals surface area (Å²) < 4.78 is 1.75. The van der Waals surface area contributed by atoms with Gasteiger partial charge in [-0.3, -0.25) is 4.79 Å². The average molecular weight is 318 g/mol. The zero-order chi connectivity index (χ0) is 16.7. The molecule has 24 heavy (non-hydrogen) atoms. The topological polar surface area (TPSA) is 59.8 Å². The number of rotatable bonds is 2. The van der Waals surface area contributed by atoms with Crippen LogP contribution >= 0.6 is 0 Å². The van der Waals surface area contributed by atoms with E-state index in [9.17, 15) is 4.79 Å². The van der Waals surface area contributed by atoms with Crippen molar-refractivity contribution in [2.24, 2.45) is 0 Å². The Hall–Kier alpha value is -2.95. The second kappa shape index (κ2) is 5.60. The summed E-state index contributed by atoms with van der Waals surface area (Å²) in [6.45, 7) is 4.79. The minimum atomic E-state index is -0.296. The van der Waals surface area contributed by atoms with E-state index >= 15 is 0 Å². The molecule has 5 heteroatoms. The van der Waals surface area contributed by atoms with Gasteiger partial charge in [-0.2, -0.15) is 10.1 Å². The van der Waals surface area contributed by atoms with Gasteiger partial charge in [0, 0.05) is 16.8 Å². The molecular weight excluding hydrogens is 300 g/mol. The second-order valence-corrected chi connectivity index (χ2v) is 6.25. The number of fused-ring (bicyclic) bond motifs is 3. The number of anilines is 1. The van der Waals surface area contributed by atoms with E-state index in [1.807, 2.05) is 48.5 Å². The molecular formula is C19H18N4O. The minimum absolute atomic E-state index is 0.296. The van der Waals surface area contributed by atoms with Crippen molar-refractivity contribution < 1.29 is 0 Å². The van der Waals surface area contributed by atoms with Gasteiger partial charge in [0.2, 0.25) is 0 Å².